The molecule has 1 saturated heterocycles. The minimum absolute atomic E-state index is 0.339. The molecule has 1 fully saturated rings. The second kappa shape index (κ2) is 7.81. The van der Waals surface area contributed by atoms with Gasteiger partial charge in [-0.2, -0.15) is 0 Å². The number of aryl methyl sites for hydroxylation is 1. The van der Waals surface area contributed by atoms with Crippen LogP contribution < -0.4 is 10.2 Å². The fraction of sp³-hybridized carbons (Fsp3) is 0.667. The summed E-state index contributed by atoms with van der Waals surface area (Å²) in [6, 6.07) is 8.78. The topological polar surface area (TPSA) is 24.5 Å². The monoisotopic (exact) mass is 290 g/mol. The van der Waals surface area contributed by atoms with Crippen molar-refractivity contribution in [1.82, 2.24) is 5.32 Å². The SMILES string of the molecule is CCCNCC1(CN(C)c2cccc(C)c2)CCOCC1. The van der Waals surface area contributed by atoms with Crippen LogP contribution in [0.1, 0.15) is 31.7 Å². The summed E-state index contributed by atoms with van der Waals surface area (Å²) in [7, 11) is 2.21. The maximum Gasteiger partial charge on any atom is 0.0472 e. The van der Waals surface area contributed by atoms with Gasteiger partial charge in [-0.15, -0.1) is 0 Å². The highest BCUT2D eigenvalue weighted by Gasteiger charge is 2.33. The first-order chi connectivity index (χ1) is 10.2. The van der Waals surface area contributed by atoms with Gasteiger partial charge in [0.05, 0.1) is 0 Å². The maximum atomic E-state index is 5.59. The fourth-order valence-corrected chi connectivity index (χ4v) is 3.19. The third-order valence-corrected chi connectivity index (χ3v) is 4.50. The normalized spacial score (nSPS) is 17.7. The van der Waals surface area contributed by atoms with Crippen LogP contribution in [0, 0.1) is 12.3 Å². The molecule has 0 saturated carbocycles. The maximum absolute atomic E-state index is 5.59. The van der Waals surface area contributed by atoms with Crippen LogP contribution in [-0.2, 0) is 4.74 Å². The fourth-order valence-electron chi connectivity index (χ4n) is 3.19. The van der Waals surface area contributed by atoms with E-state index in [1.165, 1.54) is 17.7 Å². The van der Waals surface area contributed by atoms with Gasteiger partial charge in [0.15, 0.2) is 0 Å². The number of ether oxygens (including phenoxy) is 1. The molecule has 1 aliphatic rings. The van der Waals surface area contributed by atoms with Crippen LogP contribution in [0.4, 0.5) is 5.69 Å². The zero-order valence-corrected chi connectivity index (χ0v) is 13.8. The summed E-state index contributed by atoms with van der Waals surface area (Å²) in [6.45, 7) is 9.48. The second-order valence-electron chi connectivity index (χ2n) is 6.48. The molecule has 1 aromatic carbocycles. The van der Waals surface area contributed by atoms with Gasteiger partial charge in [-0.05, 0) is 50.4 Å². The molecule has 0 spiro atoms. The quantitative estimate of drug-likeness (QED) is 0.780. The first-order valence-electron chi connectivity index (χ1n) is 8.21. The average molecular weight is 290 g/mol. The Kier molecular flexibility index (Phi) is 6.07. The molecule has 0 atom stereocenters. The van der Waals surface area contributed by atoms with Crippen molar-refractivity contribution in [2.45, 2.75) is 33.1 Å². The third kappa shape index (κ3) is 4.72. The van der Waals surface area contributed by atoms with Crippen molar-refractivity contribution >= 4 is 5.69 Å². The molecule has 0 unspecified atom stereocenters. The van der Waals surface area contributed by atoms with E-state index in [9.17, 15) is 0 Å². The summed E-state index contributed by atoms with van der Waals surface area (Å²) < 4.78 is 5.59. The van der Waals surface area contributed by atoms with Crippen molar-refractivity contribution in [1.29, 1.82) is 0 Å². The molecular weight excluding hydrogens is 260 g/mol. The number of anilines is 1. The Morgan fingerprint density at radius 1 is 1.29 bits per heavy atom. The molecule has 2 rings (SSSR count). The van der Waals surface area contributed by atoms with Gasteiger partial charge in [0.2, 0.25) is 0 Å². The summed E-state index contributed by atoms with van der Waals surface area (Å²) in [5.74, 6) is 0. The van der Waals surface area contributed by atoms with Crippen molar-refractivity contribution in [3.05, 3.63) is 29.8 Å². The number of benzene rings is 1. The number of nitrogens with one attached hydrogen (secondary N) is 1. The molecule has 1 heterocycles. The lowest BCUT2D eigenvalue weighted by atomic mass is 9.79. The van der Waals surface area contributed by atoms with Gasteiger partial charge in [-0.3, -0.25) is 0 Å². The highest BCUT2D eigenvalue weighted by molar-refractivity contribution is 5.47. The van der Waals surface area contributed by atoms with Gasteiger partial charge in [0, 0.05) is 44.5 Å². The lowest BCUT2D eigenvalue weighted by Gasteiger charge is -2.41. The molecule has 0 aromatic heterocycles. The van der Waals surface area contributed by atoms with Gasteiger partial charge in [0.1, 0.15) is 0 Å². The van der Waals surface area contributed by atoms with Gasteiger partial charge in [0.25, 0.3) is 0 Å². The zero-order chi connectivity index (χ0) is 15.1. The zero-order valence-electron chi connectivity index (χ0n) is 13.8. The Balaban J connectivity index is 2.03. The summed E-state index contributed by atoms with van der Waals surface area (Å²) in [4.78, 5) is 2.41. The molecule has 1 N–H and O–H groups in total. The minimum atomic E-state index is 0.339. The van der Waals surface area contributed by atoms with E-state index in [1.807, 2.05) is 0 Å². The number of hydrogen-bond acceptors (Lipinski definition) is 3. The van der Waals surface area contributed by atoms with Crippen molar-refractivity contribution in [3.8, 4) is 0 Å². The van der Waals surface area contributed by atoms with Crippen LogP contribution in [0.15, 0.2) is 24.3 Å². The lowest BCUT2D eigenvalue weighted by Crippen LogP contribution is -2.46. The van der Waals surface area contributed by atoms with E-state index in [1.54, 1.807) is 0 Å². The van der Waals surface area contributed by atoms with Crippen LogP contribution in [0.3, 0.4) is 0 Å². The Labute approximate surface area is 129 Å². The van der Waals surface area contributed by atoms with Crippen LogP contribution in [0.25, 0.3) is 0 Å². The summed E-state index contributed by atoms with van der Waals surface area (Å²) in [6.07, 6.45) is 3.50. The van der Waals surface area contributed by atoms with E-state index < -0.39 is 0 Å². The van der Waals surface area contributed by atoms with Crippen LogP contribution in [-0.4, -0.2) is 39.9 Å². The van der Waals surface area contributed by atoms with E-state index in [2.05, 4.69) is 55.4 Å². The van der Waals surface area contributed by atoms with E-state index in [-0.39, 0.29) is 0 Å². The Morgan fingerprint density at radius 2 is 2.05 bits per heavy atom. The van der Waals surface area contributed by atoms with E-state index in [0.717, 1.165) is 45.7 Å². The summed E-state index contributed by atoms with van der Waals surface area (Å²) in [5.41, 5.74) is 2.98. The first kappa shape index (κ1) is 16.3. The summed E-state index contributed by atoms with van der Waals surface area (Å²) in [5, 5.41) is 3.63. The third-order valence-electron chi connectivity index (χ3n) is 4.50. The largest absolute Gasteiger partial charge is 0.381 e. The Hall–Kier alpha value is -1.06. The van der Waals surface area contributed by atoms with Crippen molar-refractivity contribution in [3.63, 3.8) is 0 Å². The van der Waals surface area contributed by atoms with Crippen molar-refractivity contribution in [2.75, 3.05) is 44.8 Å². The molecule has 1 aromatic rings. The number of rotatable bonds is 7. The smallest absolute Gasteiger partial charge is 0.0472 e. The molecule has 1 aliphatic heterocycles. The van der Waals surface area contributed by atoms with Crippen LogP contribution in [0.2, 0.25) is 0 Å². The van der Waals surface area contributed by atoms with Gasteiger partial charge in [-0.25, -0.2) is 0 Å². The van der Waals surface area contributed by atoms with E-state index in [0.29, 0.717) is 5.41 Å². The van der Waals surface area contributed by atoms with Crippen molar-refractivity contribution < 1.29 is 4.74 Å². The Morgan fingerprint density at radius 3 is 2.71 bits per heavy atom. The Bertz CT molecular complexity index is 427. The van der Waals surface area contributed by atoms with Gasteiger partial charge >= 0.3 is 0 Å². The van der Waals surface area contributed by atoms with Gasteiger partial charge < -0.3 is 15.0 Å². The number of hydrogen-bond donors (Lipinski definition) is 1. The molecule has 21 heavy (non-hydrogen) atoms. The molecule has 3 heteroatoms. The van der Waals surface area contributed by atoms with E-state index >= 15 is 0 Å². The van der Waals surface area contributed by atoms with Crippen LogP contribution >= 0.6 is 0 Å². The summed E-state index contributed by atoms with van der Waals surface area (Å²) >= 11 is 0. The molecule has 0 radical (unpaired) electrons. The standard InChI is InChI=1S/C18H30N2O/c1-4-10-19-14-18(8-11-21-12-9-18)15-20(3)17-7-5-6-16(2)13-17/h5-7,13,19H,4,8-12,14-15H2,1-3H3. The highest BCUT2D eigenvalue weighted by Crippen LogP contribution is 2.32. The molecule has 0 amide bonds. The van der Waals surface area contributed by atoms with Gasteiger partial charge in [-0.1, -0.05) is 19.1 Å². The lowest BCUT2D eigenvalue weighted by molar-refractivity contribution is 0.0189. The molecule has 3 nitrogen and oxygen atoms in total. The van der Waals surface area contributed by atoms with Crippen LogP contribution in [0.5, 0.6) is 0 Å². The highest BCUT2D eigenvalue weighted by atomic mass is 16.5. The molecule has 0 aliphatic carbocycles. The molecular formula is C18H30N2O. The predicted octanol–water partition coefficient (Wildman–Crippen LogP) is 3.23. The molecule has 0 bridgehead atoms. The second-order valence-corrected chi connectivity index (χ2v) is 6.48. The molecule has 118 valence electrons. The minimum Gasteiger partial charge on any atom is -0.381 e. The predicted molar refractivity (Wildman–Crippen MR) is 90.1 cm³/mol. The first-order valence-corrected chi connectivity index (χ1v) is 8.21. The number of nitrogens with zero attached hydrogens (tertiary/aromatic N) is 1. The van der Waals surface area contributed by atoms with Crippen molar-refractivity contribution in [2.24, 2.45) is 5.41 Å². The average Bonchev–Trinajstić information content (AvgIpc) is 2.48. The van der Waals surface area contributed by atoms with E-state index in [4.69, 9.17) is 4.74 Å².